The topological polar surface area (TPSA) is 81.4 Å². The first kappa shape index (κ1) is 17.3. The van der Waals surface area contributed by atoms with Crippen molar-refractivity contribution in [2.75, 3.05) is 5.32 Å². The van der Waals surface area contributed by atoms with Crippen molar-refractivity contribution in [1.29, 1.82) is 0 Å². The summed E-state index contributed by atoms with van der Waals surface area (Å²) < 4.78 is 10.1. The molecule has 1 aromatic carbocycles. The van der Waals surface area contributed by atoms with Gasteiger partial charge in [-0.1, -0.05) is 35.3 Å². The van der Waals surface area contributed by atoms with Crippen LogP contribution in [0, 0.1) is 6.92 Å². The van der Waals surface area contributed by atoms with Gasteiger partial charge >= 0.3 is 5.97 Å². The average molecular weight is 357 g/mol. The second-order valence-corrected chi connectivity index (χ2v) is 5.65. The highest BCUT2D eigenvalue weighted by atomic mass is 35.5. The maximum atomic E-state index is 12.1. The van der Waals surface area contributed by atoms with E-state index in [1.807, 2.05) is 0 Å². The summed E-state index contributed by atoms with van der Waals surface area (Å²) in [6.07, 6.45) is -0.680. The Kier molecular flexibility index (Phi) is 5.63. The molecule has 0 fully saturated rings. The van der Waals surface area contributed by atoms with Crippen LogP contribution < -0.4 is 5.32 Å². The number of hydrogen-bond donors (Lipinski definition) is 1. The number of aryl methyl sites for hydroxylation is 1. The van der Waals surface area contributed by atoms with Gasteiger partial charge in [-0.25, -0.2) is 4.79 Å². The van der Waals surface area contributed by atoms with Crippen LogP contribution in [0.5, 0.6) is 0 Å². The molecule has 6 nitrogen and oxygen atoms in total. The first-order valence-corrected chi connectivity index (χ1v) is 7.56. The van der Waals surface area contributed by atoms with Crippen LogP contribution in [0.25, 0.3) is 0 Å². The maximum absolute atomic E-state index is 12.1. The molecule has 1 N–H and O–H groups in total. The number of nitrogens with one attached hydrogen (secondary N) is 1. The molecule has 0 bridgehead atoms. The summed E-state index contributed by atoms with van der Waals surface area (Å²) in [6.45, 7) is 3.42. The van der Waals surface area contributed by atoms with Gasteiger partial charge < -0.3 is 14.6 Å². The number of nitrogens with zero attached hydrogens (tertiary/aromatic N) is 1. The van der Waals surface area contributed by atoms with Gasteiger partial charge in [0.1, 0.15) is 5.76 Å². The van der Waals surface area contributed by atoms with Crippen LogP contribution in [-0.4, -0.2) is 23.1 Å². The quantitative estimate of drug-likeness (QED) is 0.822. The van der Waals surface area contributed by atoms with E-state index in [4.69, 9.17) is 32.5 Å². The largest absolute Gasteiger partial charge is 0.449 e. The molecule has 0 spiro atoms. The Bertz CT molecular complexity index is 710. The van der Waals surface area contributed by atoms with Crippen molar-refractivity contribution in [2.45, 2.75) is 26.4 Å². The molecule has 23 heavy (non-hydrogen) atoms. The Labute approximate surface area is 142 Å². The molecule has 1 atom stereocenters. The monoisotopic (exact) mass is 356 g/mol. The minimum absolute atomic E-state index is 0.172. The number of benzene rings is 1. The van der Waals surface area contributed by atoms with Crippen molar-refractivity contribution < 1.29 is 18.8 Å². The predicted octanol–water partition coefficient (Wildman–Crippen LogP) is 3.86. The zero-order valence-electron chi connectivity index (χ0n) is 12.4. The number of amides is 1. The van der Waals surface area contributed by atoms with Gasteiger partial charge in [-0.15, -0.1) is 0 Å². The third-order valence-electron chi connectivity index (χ3n) is 2.89. The smallest absolute Gasteiger partial charge is 0.339 e. The van der Waals surface area contributed by atoms with Crippen LogP contribution in [0.3, 0.4) is 0 Å². The van der Waals surface area contributed by atoms with Gasteiger partial charge in [0.25, 0.3) is 5.91 Å². The van der Waals surface area contributed by atoms with E-state index in [2.05, 4.69) is 10.5 Å². The van der Waals surface area contributed by atoms with Crippen LogP contribution >= 0.6 is 23.2 Å². The number of rotatable bonds is 5. The first-order valence-electron chi connectivity index (χ1n) is 6.80. The molecule has 0 aliphatic carbocycles. The number of esters is 1. The molecule has 8 heteroatoms. The van der Waals surface area contributed by atoms with E-state index in [-0.39, 0.29) is 11.4 Å². The molecule has 0 aliphatic heterocycles. The zero-order valence-corrected chi connectivity index (χ0v) is 13.9. The molecule has 0 saturated heterocycles. The van der Waals surface area contributed by atoms with Gasteiger partial charge in [0.15, 0.2) is 11.9 Å². The van der Waals surface area contributed by atoms with Crippen LogP contribution in [0.15, 0.2) is 28.8 Å². The van der Waals surface area contributed by atoms with Crippen LogP contribution in [0.2, 0.25) is 10.0 Å². The highest BCUT2D eigenvalue weighted by Gasteiger charge is 2.23. The predicted molar refractivity (Wildman–Crippen MR) is 85.8 cm³/mol. The fraction of sp³-hybridized carbons (Fsp3) is 0.267. The summed E-state index contributed by atoms with van der Waals surface area (Å²) >= 11 is 11.7. The second kappa shape index (κ2) is 7.48. The van der Waals surface area contributed by atoms with Crippen LogP contribution in [0.1, 0.15) is 29.5 Å². The van der Waals surface area contributed by atoms with Gasteiger partial charge in [-0.3, -0.25) is 4.79 Å². The van der Waals surface area contributed by atoms with Gasteiger partial charge in [-0.2, -0.15) is 0 Å². The average Bonchev–Trinajstić information content (AvgIpc) is 2.88. The van der Waals surface area contributed by atoms with Crippen LogP contribution in [0.4, 0.5) is 5.82 Å². The van der Waals surface area contributed by atoms with E-state index < -0.39 is 18.0 Å². The van der Waals surface area contributed by atoms with E-state index >= 15 is 0 Å². The molecule has 0 radical (unpaired) electrons. The Morgan fingerprint density at radius 2 is 1.91 bits per heavy atom. The molecule has 2 rings (SSSR count). The van der Waals surface area contributed by atoms with Gasteiger partial charge in [0, 0.05) is 16.1 Å². The van der Waals surface area contributed by atoms with Gasteiger partial charge in [0.05, 0.1) is 5.56 Å². The minimum atomic E-state index is -0.975. The fourth-order valence-corrected chi connectivity index (χ4v) is 2.35. The number of carbonyl (C=O) groups excluding carboxylic acids is 2. The number of hydrogen-bond acceptors (Lipinski definition) is 5. The van der Waals surface area contributed by atoms with Crippen molar-refractivity contribution in [3.8, 4) is 0 Å². The first-order chi connectivity index (χ1) is 10.9. The molecule has 0 saturated carbocycles. The van der Waals surface area contributed by atoms with Crippen LogP contribution in [-0.2, 0) is 9.53 Å². The van der Waals surface area contributed by atoms with E-state index in [1.165, 1.54) is 18.2 Å². The van der Waals surface area contributed by atoms with Crippen molar-refractivity contribution in [3.63, 3.8) is 0 Å². The molecule has 122 valence electrons. The maximum Gasteiger partial charge on any atom is 0.339 e. The molecule has 1 unspecified atom stereocenters. The molecule has 1 aromatic heterocycles. The Hall–Kier alpha value is -2.05. The third kappa shape index (κ3) is 4.71. The molecular weight excluding hydrogens is 343 g/mol. The number of aromatic nitrogens is 1. The van der Waals surface area contributed by atoms with E-state index in [0.717, 1.165) is 0 Å². The lowest BCUT2D eigenvalue weighted by atomic mass is 10.2. The Morgan fingerprint density at radius 1 is 1.26 bits per heavy atom. The lowest BCUT2D eigenvalue weighted by Crippen LogP contribution is -2.32. The summed E-state index contributed by atoms with van der Waals surface area (Å²) in [5, 5.41) is 6.78. The summed E-state index contributed by atoms with van der Waals surface area (Å²) in [4.78, 5) is 24.3. The van der Waals surface area contributed by atoms with E-state index in [1.54, 1.807) is 19.9 Å². The number of ether oxygens (including phenoxy) is 1. The fourth-order valence-electron chi connectivity index (χ4n) is 1.82. The lowest BCUT2D eigenvalue weighted by Gasteiger charge is -2.15. The van der Waals surface area contributed by atoms with Gasteiger partial charge in [0.2, 0.25) is 0 Å². The molecule has 1 amide bonds. The normalized spacial score (nSPS) is 11.8. The second-order valence-electron chi connectivity index (χ2n) is 4.77. The van der Waals surface area contributed by atoms with Crippen molar-refractivity contribution in [2.24, 2.45) is 0 Å². The number of anilines is 1. The summed E-state index contributed by atoms with van der Waals surface area (Å²) in [5.41, 5.74) is 0.172. The van der Waals surface area contributed by atoms with E-state index in [0.29, 0.717) is 22.2 Å². The lowest BCUT2D eigenvalue weighted by molar-refractivity contribution is -0.124. The number of carbonyl (C=O) groups is 2. The summed E-state index contributed by atoms with van der Waals surface area (Å²) in [6, 6.07) is 5.89. The molecule has 2 aromatic rings. The minimum Gasteiger partial charge on any atom is -0.449 e. The van der Waals surface area contributed by atoms with E-state index in [9.17, 15) is 9.59 Å². The van der Waals surface area contributed by atoms with Crippen molar-refractivity contribution >= 4 is 40.9 Å². The molecule has 0 aliphatic rings. The molecular formula is C15H14Cl2N2O4. The third-order valence-corrected chi connectivity index (χ3v) is 3.33. The molecule has 1 heterocycles. The summed E-state index contributed by atoms with van der Waals surface area (Å²) in [5.74, 6) is -0.373. The van der Waals surface area contributed by atoms with Crippen molar-refractivity contribution in [3.05, 3.63) is 45.6 Å². The Morgan fingerprint density at radius 3 is 2.43 bits per heavy atom. The summed E-state index contributed by atoms with van der Waals surface area (Å²) in [7, 11) is 0. The van der Waals surface area contributed by atoms with Gasteiger partial charge in [-0.05, 0) is 31.5 Å². The number of halogens is 2. The highest BCUT2D eigenvalue weighted by molar-refractivity contribution is 6.35. The zero-order chi connectivity index (χ0) is 17.0. The Balaban J connectivity index is 2.05. The standard InChI is InChI=1S/C15H14Cl2N2O4/c1-3-12(14(20)18-13-4-8(2)23-19-13)22-15(21)9-5-10(16)7-11(17)6-9/h4-7,12H,3H2,1-2H3,(H,18,19,20). The SMILES string of the molecule is CCC(OC(=O)c1cc(Cl)cc(Cl)c1)C(=O)Nc1cc(C)on1. The highest BCUT2D eigenvalue weighted by Crippen LogP contribution is 2.20. The van der Waals surface area contributed by atoms with Crippen molar-refractivity contribution in [1.82, 2.24) is 5.16 Å².